The highest BCUT2D eigenvalue weighted by Gasteiger charge is 2.25. The molecule has 1 aromatic heterocycles. The third-order valence-electron chi connectivity index (χ3n) is 3.95. The second-order valence-electron chi connectivity index (χ2n) is 5.83. The lowest BCUT2D eigenvalue weighted by atomic mass is 10.0. The van der Waals surface area contributed by atoms with Gasteiger partial charge in [0.1, 0.15) is 11.6 Å². The number of anilines is 1. The summed E-state index contributed by atoms with van der Waals surface area (Å²) in [6, 6.07) is 8.62. The number of hydrogen-bond donors (Lipinski definition) is 1. The summed E-state index contributed by atoms with van der Waals surface area (Å²) in [4.78, 5) is 11.8. The second kappa shape index (κ2) is 8.48. The SMILES string of the molecule is CC(C)C1C=CCN1c1nc(CCN)nc2ccccc12.Cl.Cl. The summed E-state index contributed by atoms with van der Waals surface area (Å²) in [5.41, 5.74) is 6.68. The van der Waals surface area contributed by atoms with Gasteiger partial charge < -0.3 is 10.6 Å². The van der Waals surface area contributed by atoms with Gasteiger partial charge in [0.25, 0.3) is 0 Å². The normalized spacial score (nSPS) is 16.5. The molecule has 2 heterocycles. The molecule has 1 aromatic carbocycles. The van der Waals surface area contributed by atoms with E-state index in [0.717, 1.165) is 29.1 Å². The van der Waals surface area contributed by atoms with E-state index in [1.54, 1.807) is 0 Å². The van der Waals surface area contributed by atoms with Crippen LogP contribution >= 0.6 is 24.8 Å². The molecule has 1 atom stereocenters. The van der Waals surface area contributed by atoms with Crippen LogP contribution < -0.4 is 10.6 Å². The highest BCUT2D eigenvalue weighted by atomic mass is 35.5. The largest absolute Gasteiger partial charge is 0.346 e. The van der Waals surface area contributed by atoms with Gasteiger partial charge in [-0.15, -0.1) is 24.8 Å². The Morgan fingerprint density at radius 3 is 2.65 bits per heavy atom. The first-order valence-electron chi connectivity index (χ1n) is 7.59. The zero-order valence-corrected chi connectivity index (χ0v) is 15.1. The minimum absolute atomic E-state index is 0. The number of nitrogens with zero attached hydrogens (tertiary/aromatic N) is 3. The van der Waals surface area contributed by atoms with Crippen LogP contribution in [0.2, 0.25) is 0 Å². The highest BCUT2D eigenvalue weighted by Crippen LogP contribution is 2.30. The third kappa shape index (κ3) is 3.94. The highest BCUT2D eigenvalue weighted by molar-refractivity contribution is 5.90. The van der Waals surface area contributed by atoms with Crippen molar-refractivity contribution in [1.29, 1.82) is 0 Å². The fraction of sp³-hybridized carbons (Fsp3) is 0.412. The minimum atomic E-state index is 0. The lowest BCUT2D eigenvalue weighted by molar-refractivity contribution is 0.548. The Kier molecular flexibility index (Phi) is 7.26. The number of halogens is 2. The van der Waals surface area contributed by atoms with E-state index < -0.39 is 0 Å². The minimum Gasteiger partial charge on any atom is -0.346 e. The first-order chi connectivity index (χ1) is 10.2. The molecule has 2 N–H and O–H groups in total. The maximum absolute atomic E-state index is 5.68. The Labute approximate surface area is 150 Å². The van der Waals surface area contributed by atoms with E-state index in [4.69, 9.17) is 10.7 Å². The van der Waals surface area contributed by atoms with Crippen LogP contribution in [0.3, 0.4) is 0 Å². The molecule has 0 aliphatic carbocycles. The topological polar surface area (TPSA) is 55.0 Å². The van der Waals surface area contributed by atoms with Gasteiger partial charge in [-0.3, -0.25) is 0 Å². The summed E-state index contributed by atoms with van der Waals surface area (Å²) in [6.45, 7) is 5.98. The van der Waals surface area contributed by atoms with Crippen LogP contribution in [0.4, 0.5) is 5.82 Å². The zero-order chi connectivity index (χ0) is 14.8. The van der Waals surface area contributed by atoms with E-state index >= 15 is 0 Å². The van der Waals surface area contributed by atoms with Crippen LogP contribution in [0.25, 0.3) is 10.9 Å². The second-order valence-corrected chi connectivity index (χ2v) is 5.83. The maximum Gasteiger partial charge on any atom is 0.141 e. The lowest BCUT2D eigenvalue weighted by Gasteiger charge is -2.29. The molecule has 0 spiro atoms. The van der Waals surface area contributed by atoms with Gasteiger partial charge in [-0.25, -0.2) is 9.97 Å². The first kappa shape index (κ1) is 19.7. The predicted octanol–water partition coefficient (Wildman–Crippen LogP) is 3.38. The molecule has 0 amide bonds. The van der Waals surface area contributed by atoms with Crippen molar-refractivity contribution in [3.05, 3.63) is 42.2 Å². The van der Waals surface area contributed by atoms with Crippen LogP contribution in [-0.4, -0.2) is 29.1 Å². The van der Waals surface area contributed by atoms with Gasteiger partial charge in [-0.05, 0) is 24.6 Å². The van der Waals surface area contributed by atoms with Gasteiger partial charge in [0.2, 0.25) is 0 Å². The molecule has 0 bridgehead atoms. The Bertz CT molecular complexity index is 673. The summed E-state index contributed by atoms with van der Waals surface area (Å²) >= 11 is 0. The molecule has 0 fully saturated rings. The van der Waals surface area contributed by atoms with Gasteiger partial charge >= 0.3 is 0 Å². The number of benzene rings is 1. The monoisotopic (exact) mass is 354 g/mol. The van der Waals surface area contributed by atoms with E-state index in [2.05, 4.69) is 48.0 Å². The van der Waals surface area contributed by atoms with Crippen LogP contribution in [0.1, 0.15) is 19.7 Å². The molecule has 3 rings (SSSR count). The van der Waals surface area contributed by atoms with Crippen molar-refractivity contribution in [3.63, 3.8) is 0 Å². The maximum atomic E-state index is 5.68. The predicted molar refractivity (Wildman–Crippen MR) is 102 cm³/mol. The van der Waals surface area contributed by atoms with E-state index in [1.165, 1.54) is 0 Å². The molecule has 126 valence electrons. The fourth-order valence-corrected chi connectivity index (χ4v) is 2.92. The van der Waals surface area contributed by atoms with Gasteiger partial charge in [0.05, 0.1) is 11.6 Å². The molecule has 1 aliphatic heterocycles. The van der Waals surface area contributed by atoms with Crippen LogP contribution in [0.5, 0.6) is 0 Å². The summed E-state index contributed by atoms with van der Waals surface area (Å²) < 4.78 is 0. The quantitative estimate of drug-likeness (QED) is 0.855. The van der Waals surface area contributed by atoms with Gasteiger partial charge in [-0.2, -0.15) is 0 Å². The zero-order valence-electron chi connectivity index (χ0n) is 13.5. The number of rotatable bonds is 4. The fourth-order valence-electron chi connectivity index (χ4n) is 2.92. The molecule has 1 aliphatic rings. The average molecular weight is 355 g/mol. The summed E-state index contributed by atoms with van der Waals surface area (Å²) in [7, 11) is 0. The number of hydrogen-bond acceptors (Lipinski definition) is 4. The van der Waals surface area contributed by atoms with E-state index in [9.17, 15) is 0 Å². The van der Waals surface area contributed by atoms with E-state index in [-0.39, 0.29) is 24.8 Å². The van der Waals surface area contributed by atoms with Crippen molar-refractivity contribution in [1.82, 2.24) is 9.97 Å². The summed E-state index contributed by atoms with van der Waals surface area (Å²) in [5, 5.41) is 1.12. The Hall–Kier alpha value is -1.36. The van der Waals surface area contributed by atoms with E-state index in [0.29, 0.717) is 24.9 Å². The van der Waals surface area contributed by atoms with Crippen molar-refractivity contribution in [2.24, 2.45) is 11.7 Å². The number of aromatic nitrogens is 2. The average Bonchev–Trinajstić information content (AvgIpc) is 2.96. The van der Waals surface area contributed by atoms with Crippen LogP contribution in [0, 0.1) is 5.92 Å². The molecule has 0 saturated heterocycles. The van der Waals surface area contributed by atoms with E-state index in [1.807, 2.05) is 12.1 Å². The summed E-state index contributed by atoms with van der Waals surface area (Å²) in [6.07, 6.45) is 5.22. The smallest absolute Gasteiger partial charge is 0.141 e. The molecule has 6 heteroatoms. The molecule has 2 aromatic rings. The van der Waals surface area contributed by atoms with Gasteiger partial charge in [-0.1, -0.05) is 38.1 Å². The number of nitrogens with two attached hydrogens (primary N) is 1. The molecular weight excluding hydrogens is 331 g/mol. The van der Waals surface area contributed by atoms with Gasteiger partial charge in [0.15, 0.2) is 0 Å². The van der Waals surface area contributed by atoms with Crippen molar-refractivity contribution in [2.45, 2.75) is 26.3 Å². The number of para-hydroxylation sites is 1. The molecule has 4 nitrogen and oxygen atoms in total. The third-order valence-corrected chi connectivity index (χ3v) is 3.95. The molecular formula is C17H24Cl2N4. The van der Waals surface area contributed by atoms with Crippen LogP contribution in [-0.2, 0) is 6.42 Å². The Balaban J connectivity index is 0.00000132. The van der Waals surface area contributed by atoms with Gasteiger partial charge in [0, 0.05) is 18.4 Å². The van der Waals surface area contributed by atoms with Crippen molar-refractivity contribution >= 4 is 41.5 Å². The van der Waals surface area contributed by atoms with Crippen molar-refractivity contribution in [2.75, 3.05) is 18.0 Å². The standard InChI is InChI=1S/C17H22N4.2ClH/c1-12(2)15-8-5-11-21(15)17-13-6-3-4-7-14(13)19-16(20-17)9-10-18;;/h3-8,12,15H,9-11,18H2,1-2H3;2*1H. The summed E-state index contributed by atoms with van der Waals surface area (Å²) in [5.74, 6) is 2.42. The molecule has 0 saturated carbocycles. The Morgan fingerprint density at radius 1 is 1.22 bits per heavy atom. The first-order valence-corrected chi connectivity index (χ1v) is 7.59. The van der Waals surface area contributed by atoms with Crippen LogP contribution in [0.15, 0.2) is 36.4 Å². The van der Waals surface area contributed by atoms with Crippen molar-refractivity contribution in [3.8, 4) is 0 Å². The molecule has 0 radical (unpaired) electrons. The molecule has 1 unspecified atom stereocenters. The van der Waals surface area contributed by atoms with Crippen molar-refractivity contribution < 1.29 is 0 Å². The lowest BCUT2D eigenvalue weighted by Crippen LogP contribution is -2.35. The molecule has 23 heavy (non-hydrogen) atoms. The Morgan fingerprint density at radius 2 is 1.96 bits per heavy atom. The number of fused-ring (bicyclic) bond motifs is 1.